The van der Waals surface area contributed by atoms with Crippen LogP contribution in [0.2, 0.25) is 0 Å². The maximum absolute atomic E-state index is 12.3. The predicted octanol–water partition coefficient (Wildman–Crippen LogP) is 2.85. The van der Waals surface area contributed by atoms with E-state index < -0.39 is 0 Å². The predicted molar refractivity (Wildman–Crippen MR) is 106 cm³/mol. The van der Waals surface area contributed by atoms with Crippen LogP contribution in [0.5, 0.6) is 0 Å². The summed E-state index contributed by atoms with van der Waals surface area (Å²) in [5.41, 5.74) is 1.86. The van der Waals surface area contributed by atoms with Crippen LogP contribution in [0.1, 0.15) is 25.7 Å². The number of hydrogen-bond donors (Lipinski definition) is 2. The molecule has 2 fully saturated rings. The highest BCUT2D eigenvalue weighted by molar-refractivity contribution is 7.22. The number of nitrogens with zero attached hydrogens (tertiary/aromatic N) is 2. The number of thiazole rings is 1. The van der Waals surface area contributed by atoms with E-state index in [1.807, 2.05) is 18.2 Å². The van der Waals surface area contributed by atoms with Crippen LogP contribution in [-0.4, -0.2) is 50.3 Å². The zero-order chi connectivity index (χ0) is 17.8. The lowest BCUT2D eigenvalue weighted by molar-refractivity contribution is -0.116. The number of carbonyl (C=O) groups excluding carboxylic acids is 1. The molecule has 0 atom stereocenters. The summed E-state index contributed by atoms with van der Waals surface area (Å²) in [5, 5.41) is 7.46. The number of anilines is 2. The van der Waals surface area contributed by atoms with E-state index in [1.54, 1.807) is 11.3 Å². The third-order valence-electron chi connectivity index (χ3n) is 5.18. The lowest BCUT2D eigenvalue weighted by atomic mass is 9.93. The molecule has 1 aromatic carbocycles. The van der Waals surface area contributed by atoms with Gasteiger partial charge in [-0.1, -0.05) is 11.3 Å². The van der Waals surface area contributed by atoms with Crippen molar-refractivity contribution in [1.29, 1.82) is 0 Å². The van der Waals surface area contributed by atoms with Gasteiger partial charge in [0.15, 0.2) is 5.13 Å². The first-order valence-electron chi connectivity index (χ1n) is 9.52. The summed E-state index contributed by atoms with van der Waals surface area (Å²) in [6.45, 7) is 5.46. The van der Waals surface area contributed by atoms with E-state index >= 15 is 0 Å². The summed E-state index contributed by atoms with van der Waals surface area (Å²) in [6, 6.07) is 5.99. The summed E-state index contributed by atoms with van der Waals surface area (Å²) in [4.78, 5) is 19.3. The normalized spacial score (nSPS) is 19.0. The standard InChI is InChI=1S/C19H26N4O2S/c24-18(4-1-14-5-7-20-8-6-14)21-15-2-3-16-17(13-15)26-19(22-16)23-9-11-25-12-10-23/h2-3,13-14,20H,1,4-12H2,(H,21,24). The van der Waals surface area contributed by atoms with Crippen LogP contribution in [0, 0.1) is 5.92 Å². The zero-order valence-electron chi connectivity index (χ0n) is 15.0. The third kappa shape index (κ3) is 4.34. The van der Waals surface area contributed by atoms with Crippen LogP contribution in [0.4, 0.5) is 10.8 Å². The highest BCUT2D eigenvalue weighted by Crippen LogP contribution is 2.31. The van der Waals surface area contributed by atoms with Gasteiger partial charge in [0.2, 0.25) is 5.91 Å². The maximum atomic E-state index is 12.3. The van der Waals surface area contributed by atoms with Crippen molar-refractivity contribution in [2.75, 3.05) is 49.6 Å². The largest absolute Gasteiger partial charge is 0.378 e. The quantitative estimate of drug-likeness (QED) is 0.842. The molecule has 2 aliphatic heterocycles. The molecule has 0 saturated carbocycles. The van der Waals surface area contributed by atoms with Crippen LogP contribution in [0.3, 0.4) is 0 Å². The maximum Gasteiger partial charge on any atom is 0.224 e. The Labute approximate surface area is 157 Å². The molecule has 1 aromatic heterocycles. The number of aromatic nitrogens is 1. The topological polar surface area (TPSA) is 66.5 Å². The molecule has 26 heavy (non-hydrogen) atoms. The monoisotopic (exact) mass is 374 g/mol. The van der Waals surface area contributed by atoms with Crippen molar-refractivity contribution in [2.45, 2.75) is 25.7 Å². The smallest absolute Gasteiger partial charge is 0.224 e. The Bertz CT molecular complexity index is 751. The summed E-state index contributed by atoms with van der Waals surface area (Å²) in [6.07, 6.45) is 3.96. The molecule has 3 heterocycles. The van der Waals surface area contributed by atoms with Crippen molar-refractivity contribution in [3.8, 4) is 0 Å². The molecule has 140 valence electrons. The zero-order valence-corrected chi connectivity index (χ0v) is 15.8. The first-order chi connectivity index (χ1) is 12.8. The Hall–Kier alpha value is -1.70. The van der Waals surface area contributed by atoms with Crippen molar-refractivity contribution in [2.24, 2.45) is 5.92 Å². The molecular formula is C19H26N4O2S. The van der Waals surface area contributed by atoms with Crippen molar-refractivity contribution in [1.82, 2.24) is 10.3 Å². The molecule has 0 unspecified atom stereocenters. The molecule has 2 aromatic rings. The van der Waals surface area contributed by atoms with E-state index in [0.29, 0.717) is 12.3 Å². The van der Waals surface area contributed by atoms with E-state index in [9.17, 15) is 4.79 Å². The highest BCUT2D eigenvalue weighted by Gasteiger charge is 2.17. The van der Waals surface area contributed by atoms with Crippen LogP contribution in [0.25, 0.3) is 10.2 Å². The molecule has 6 nitrogen and oxygen atoms in total. The second-order valence-electron chi connectivity index (χ2n) is 7.06. The lowest BCUT2D eigenvalue weighted by Gasteiger charge is -2.25. The van der Waals surface area contributed by atoms with Crippen molar-refractivity contribution < 1.29 is 9.53 Å². The van der Waals surface area contributed by atoms with E-state index in [1.165, 1.54) is 12.8 Å². The Morgan fingerprint density at radius 1 is 1.31 bits per heavy atom. The first kappa shape index (κ1) is 17.7. The van der Waals surface area contributed by atoms with E-state index in [-0.39, 0.29) is 5.91 Å². The van der Waals surface area contributed by atoms with Gasteiger partial charge in [0.05, 0.1) is 23.4 Å². The van der Waals surface area contributed by atoms with Crippen molar-refractivity contribution >= 4 is 38.3 Å². The Morgan fingerprint density at radius 2 is 2.12 bits per heavy atom. The molecule has 0 spiro atoms. The van der Waals surface area contributed by atoms with Gasteiger partial charge >= 0.3 is 0 Å². The fraction of sp³-hybridized carbons (Fsp3) is 0.579. The number of nitrogens with one attached hydrogen (secondary N) is 2. The number of carbonyl (C=O) groups is 1. The highest BCUT2D eigenvalue weighted by atomic mass is 32.1. The van der Waals surface area contributed by atoms with Crippen molar-refractivity contribution in [3.05, 3.63) is 18.2 Å². The Kier molecular flexibility index (Phi) is 5.67. The molecule has 7 heteroatoms. The van der Waals surface area contributed by atoms with Crippen LogP contribution in [0.15, 0.2) is 18.2 Å². The molecule has 2 aliphatic rings. The van der Waals surface area contributed by atoms with Gasteiger partial charge in [0, 0.05) is 25.2 Å². The van der Waals surface area contributed by atoms with Gasteiger partial charge in [-0.2, -0.15) is 0 Å². The summed E-state index contributed by atoms with van der Waals surface area (Å²) < 4.78 is 6.52. The number of rotatable bonds is 5. The molecular weight excluding hydrogens is 348 g/mol. The summed E-state index contributed by atoms with van der Waals surface area (Å²) >= 11 is 1.68. The number of morpholine rings is 1. The number of amides is 1. The first-order valence-corrected chi connectivity index (χ1v) is 10.3. The summed E-state index contributed by atoms with van der Waals surface area (Å²) in [5.74, 6) is 0.794. The average Bonchev–Trinajstić information content (AvgIpc) is 3.11. The molecule has 0 aliphatic carbocycles. The minimum atomic E-state index is 0.112. The number of ether oxygens (including phenoxy) is 1. The fourth-order valence-corrected chi connectivity index (χ4v) is 4.67. The van der Waals surface area contributed by atoms with Crippen LogP contribution in [-0.2, 0) is 9.53 Å². The Morgan fingerprint density at radius 3 is 2.92 bits per heavy atom. The SMILES string of the molecule is O=C(CCC1CCNCC1)Nc1ccc2nc(N3CCOCC3)sc2c1. The Balaban J connectivity index is 1.36. The number of fused-ring (bicyclic) bond motifs is 1. The average molecular weight is 375 g/mol. The van der Waals surface area contributed by atoms with Gasteiger partial charge in [-0.05, 0) is 56.5 Å². The fourth-order valence-electron chi connectivity index (χ4n) is 3.61. The minimum absolute atomic E-state index is 0.112. The van der Waals surface area contributed by atoms with Gasteiger partial charge in [-0.25, -0.2) is 4.98 Å². The molecule has 2 saturated heterocycles. The molecule has 0 radical (unpaired) electrons. The minimum Gasteiger partial charge on any atom is -0.378 e. The van der Waals surface area contributed by atoms with Gasteiger partial charge in [0.25, 0.3) is 0 Å². The second-order valence-corrected chi connectivity index (χ2v) is 8.07. The number of benzene rings is 1. The molecule has 4 rings (SSSR count). The third-order valence-corrected chi connectivity index (χ3v) is 6.26. The van der Waals surface area contributed by atoms with Gasteiger partial charge in [-0.15, -0.1) is 0 Å². The molecule has 1 amide bonds. The van der Waals surface area contributed by atoms with Crippen LogP contribution >= 0.6 is 11.3 Å². The molecule has 0 bridgehead atoms. The lowest BCUT2D eigenvalue weighted by Crippen LogP contribution is -2.36. The van der Waals surface area contributed by atoms with Gasteiger partial charge in [-0.3, -0.25) is 4.79 Å². The van der Waals surface area contributed by atoms with Crippen LogP contribution < -0.4 is 15.5 Å². The second kappa shape index (κ2) is 8.33. The van der Waals surface area contributed by atoms with E-state index in [0.717, 1.165) is 66.8 Å². The number of hydrogen-bond acceptors (Lipinski definition) is 6. The summed E-state index contributed by atoms with van der Waals surface area (Å²) in [7, 11) is 0. The molecule has 2 N–H and O–H groups in total. The van der Waals surface area contributed by atoms with E-state index in [4.69, 9.17) is 9.72 Å². The van der Waals surface area contributed by atoms with Crippen molar-refractivity contribution in [3.63, 3.8) is 0 Å². The van der Waals surface area contributed by atoms with Gasteiger partial charge < -0.3 is 20.3 Å². The number of piperidine rings is 1. The van der Waals surface area contributed by atoms with Gasteiger partial charge in [0.1, 0.15) is 0 Å². The van der Waals surface area contributed by atoms with E-state index in [2.05, 4.69) is 15.5 Å².